The number of piperidine rings is 1. The first-order chi connectivity index (χ1) is 14.1. The molecular weight excluding hydrogens is 434 g/mol. The quantitative estimate of drug-likeness (QED) is 0.531. The van der Waals surface area contributed by atoms with Crippen LogP contribution < -0.4 is 10.3 Å². The van der Waals surface area contributed by atoms with Gasteiger partial charge in [0.2, 0.25) is 0 Å². The van der Waals surface area contributed by atoms with Gasteiger partial charge >= 0.3 is 0 Å². The van der Waals surface area contributed by atoms with Crippen molar-refractivity contribution in [2.45, 2.75) is 32.2 Å². The van der Waals surface area contributed by atoms with Crippen LogP contribution in [0.1, 0.15) is 25.0 Å². The highest BCUT2D eigenvalue weighted by atomic mass is 79.9. The Morgan fingerprint density at radius 1 is 1.21 bits per heavy atom. The molecule has 0 bridgehead atoms. The predicted octanol–water partition coefficient (Wildman–Crippen LogP) is 4.11. The Morgan fingerprint density at radius 2 is 2.03 bits per heavy atom. The summed E-state index contributed by atoms with van der Waals surface area (Å²) in [6, 6.07) is 9.27. The third-order valence-electron chi connectivity index (χ3n) is 5.82. The molecule has 0 atom stereocenters. The predicted molar refractivity (Wildman–Crippen MR) is 116 cm³/mol. The molecule has 0 radical (unpaired) electrons. The highest BCUT2D eigenvalue weighted by Gasteiger charge is 2.19. The molecule has 1 aliphatic rings. The molecule has 1 fully saturated rings. The first kappa shape index (κ1) is 20.2. The van der Waals surface area contributed by atoms with Crippen LogP contribution in [0.2, 0.25) is 0 Å². The van der Waals surface area contributed by atoms with E-state index in [4.69, 9.17) is 9.15 Å². The van der Waals surface area contributed by atoms with Gasteiger partial charge in [-0.05, 0) is 72.4 Å². The van der Waals surface area contributed by atoms with E-state index in [1.807, 2.05) is 22.8 Å². The molecule has 154 valence electrons. The number of aryl methyl sites for hydroxylation is 1. The second-order valence-electron chi connectivity index (χ2n) is 7.63. The van der Waals surface area contributed by atoms with Gasteiger partial charge in [0.25, 0.3) is 5.56 Å². The van der Waals surface area contributed by atoms with Crippen LogP contribution in [0.15, 0.2) is 50.4 Å². The Bertz CT molecular complexity index is 1020. The lowest BCUT2D eigenvalue weighted by Gasteiger charge is -2.32. The number of ether oxygens (including phenoxy) is 1. The van der Waals surface area contributed by atoms with Gasteiger partial charge in [0.05, 0.1) is 24.3 Å². The van der Waals surface area contributed by atoms with Crippen molar-refractivity contribution in [1.82, 2.24) is 14.5 Å². The number of fused-ring (bicyclic) bond motifs is 1. The Balaban J connectivity index is 1.32. The van der Waals surface area contributed by atoms with Crippen molar-refractivity contribution in [3.8, 4) is 5.75 Å². The van der Waals surface area contributed by atoms with Crippen molar-refractivity contribution in [2.75, 3.05) is 26.7 Å². The summed E-state index contributed by atoms with van der Waals surface area (Å²) in [6.07, 6.45) is 6.24. The number of likely N-dealkylation sites (tertiary alicyclic amines) is 1. The van der Waals surface area contributed by atoms with Gasteiger partial charge < -0.3 is 18.6 Å². The Kier molecular flexibility index (Phi) is 6.35. The average Bonchev–Trinajstić information content (AvgIpc) is 3.17. The zero-order chi connectivity index (χ0) is 20.2. The van der Waals surface area contributed by atoms with Crippen LogP contribution >= 0.6 is 15.9 Å². The minimum absolute atomic E-state index is 0.00653. The molecule has 0 aromatic carbocycles. The van der Waals surface area contributed by atoms with Gasteiger partial charge in [-0.2, -0.15) is 0 Å². The molecule has 7 heteroatoms. The minimum Gasteiger partial charge on any atom is -0.495 e. The smallest absolute Gasteiger partial charge is 0.251 e. The van der Waals surface area contributed by atoms with Gasteiger partial charge in [-0.15, -0.1) is 0 Å². The van der Waals surface area contributed by atoms with Crippen LogP contribution in [-0.2, 0) is 13.0 Å². The summed E-state index contributed by atoms with van der Waals surface area (Å²) < 4.78 is 13.5. The maximum Gasteiger partial charge on any atom is 0.251 e. The van der Waals surface area contributed by atoms with Gasteiger partial charge in [0.1, 0.15) is 11.5 Å². The number of halogens is 1. The van der Waals surface area contributed by atoms with E-state index in [0.29, 0.717) is 12.3 Å². The molecule has 0 spiro atoms. The van der Waals surface area contributed by atoms with Crippen LogP contribution in [0.25, 0.3) is 11.0 Å². The molecule has 3 aromatic rings. The molecule has 1 saturated heterocycles. The summed E-state index contributed by atoms with van der Waals surface area (Å²) in [4.78, 5) is 19.3. The number of furan rings is 1. The topological polar surface area (TPSA) is 60.5 Å². The lowest BCUT2D eigenvalue weighted by atomic mass is 9.92. The fourth-order valence-electron chi connectivity index (χ4n) is 4.06. The Hall–Kier alpha value is -2.12. The lowest BCUT2D eigenvalue weighted by molar-refractivity contribution is 0.173. The van der Waals surface area contributed by atoms with E-state index in [-0.39, 0.29) is 5.56 Å². The first-order valence-corrected chi connectivity index (χ1v) is 10.9. The molecule has 4 rings (SSSR count). The van der Waals surface area contributed by atoms with E-state index in [2.05, 4.69) is 25.8 Å². The standard InChI is InChI=1S/C22H26BrN3O3/c1-28-18-14-20-19(24-15-18)5-7-22(27)26(20)13-12-25-10-8-16(9-11-25)2-3-17-4-6-21(23)29-17/h4-7,14-16H,2-3,8-13H2,1H3. The molecule has 1 aliphatic heterocycles. The van der Waals surface area contributed by atoms with E-state index in [1.165, 1.54) is 19.3 Å². The average molecular weight is 460 g/mol. The fourth-order valence-corrected chi connectivity index (χ4v) is 4.40. The maximum absolute atomic E-state index is 12.4. The third-order valence-corrected chi connectivity index (χ3v) is 6.25. The van der Waals surface area contributed by atoms with Gasteiger partial charge in [0, 0.05) is 31.6 Å². The first-order valence-electron chi connectivity index (χ1n) is 10.1. The molecule has 0 unspecified atom stereocenters. The second kappa shape index (κ2) is 9.13. The van der Waals surface area contributed by atoms with Crippen molar-refractivity contribution < 1.29 is 9.15 Å². The van der Waals surface area contributed by atoms with E-state index < -0.39 is 0 Å². The van der Waals surface area contributed by atoms with Crippen molar-refractivity contribution in [2.24, 2.45) is 5.92 Å². The zero-order valence-electron chi connectivity index (χ0n) is 16.6. The summed E-state index contributed by atoms with van der Waals surface area (Å²) in [7, 11) is 1.61. The van der Waals surface area contributed by atoms with Crippen molar-refractivity contribution in [3.05, 3.63) is 57.3 Å². The Morgan fingerprint density at radius 3 is 2.76 bits per heavy atom. The number of rotatable bonds is 7. The zero-order valence-corrected chi connectivity index (χ0v) is 18.2. The van der Waals surface area contributed by atoms with Gasteiger partial charge in [0.15, 0.2) is 4.67 Å². The highest BCUT2D eigenvalue weighted by molar-refractivity contribution is 9.10. The molecule has 0 amide bonds. The van der Waals surface area contributed by atoms with Gasteiger partial charge in [-0.25, -0.2) is 0 Å². The molecule has 0 N–H and O–H groups in total. The molecule has 4 heterocycles. The maximum atomic E-state index is 12.4. The summed E-state index contributed by atoms with van der Waals surface area (Å²) in [5.41, 5.74) is 1.65. The van der Waals surface area contributed by atoms with Crippen LogP contribution in [-0.4, -0.2) is 41.2 Å². The van der Waals surface area contributed by atoms with E-state index in [1.54, 1.807) is 25.4 Å². The molecule has 0 saturated carbocycles. The third kappa shape index (κ3) is 4.90. The second-order valence-corrected chi connectivity index (χ2v) is 8.41. The number of pyridine rings is 2. The summed E-state index contributed by atoms with van der Waals surface area (Å²) in [5, 5.41) is 0. The van der Waals surface area contributed by atoms with Crippen molar-refractivity contribution >= 4 is 27.0 Å². The van der Waals surface area contributed by atoms with E-state index >= 15 is 0 Å². The number of methoxy groups -OCH3 is 1. The molecular formula is C22H26BrN3O3. The number of aromatic nitrogens is 2. The van der Waals surface area contributed by atoms with E-state index in [0.717, 1.165) is 53.4 Å². The normalized spacial score (nSPS) is 15.8. The number of nitrogens with zero attached hydrogens (tertiary/aromatic N) is 3. The van der Waals surface area contributed by atoms with Gasteiger partial charge in [-0.1, -0.05) is 0 Å². The van der Waals surface area contributed by atoms with E-state index in [9.17, 15) is 4.79 Å². The van der Waals surface area contributed by atoms with Crippen LogP contribution in [0, 0.1) is 5.92 Å². The summed E-state index contributed by atoms with van der Waals surface area (Å²) in [6.45, 7) is 3.69. The number of hydrogen-bond donors (Lipinski definition) is 0. The fraction of sp³-hybridized carbons (Fsp3) is 0.455. The van der Waals surface area contributed by atoms with Crippen LogP contribution in [0.3, 0.4) is 0 Å². The van der Waals surface area contributed by atoms with Gasteiger partial charge in [-0.3, -0.25) is 9.78 Å². The molecule has 6 nitrogen and oxygen atoms in total. The Labute approximate surface area is 178 Å². The lowest BCUT2D eigenvalue weighted by Crippen LogP contribution is -2.37. The largest absolute Gasteiger partial charge is 0.495 e. The number of hydrogen-bond acceptors (Lipinski definition) is 5. The molecule has 3 aromatic heterocycles. The van der Waals surface area contributed by atoms with Crippen LogP contribution in [0.5, 0.6) is 5.75 Å². The minimum atomic E-state index is 0.00653. The van der Waals surface area contributed by atoms with Crippen LogP contribution in [0.4, 0.5) is 0 Å². The molecule has 0 aliphatic carbocycles. The summed E-state index contributed by atoms with van der Waals surface area (Å²) >= 11 is 3.36. The highest BCUT2D eigenvalue weighted by Crippen LogP contribution is 2.24. The van der Waals surface area contributed by atoms with Crippen molar-refractivity contribution in [1.29, 1.82) is 0 Å². The van der Waals surface area contributed by atoms with Crippen molar-refractivity contribution in [3.63, 3.8) is 0 Å². The summed E-state index contributed by atoms with van der Waals surface area (Å²) in [5.74, 6) is 2.46. The molecule has 29 heavy (non-hydrogen) atoms. The SMILES string of the molecule is COc1cnc2ccc(=O)n(CCN3CCC(CCc4ccc(Br)o4)CC3)c2c1. The monoisotopic (exact) mass is 459 g/mol.